The average Bonchev–Trinajstić information content (AvgIpc) is 2.51. The molecule has 0 aliphatic carbocycles. The first kappa shape index (κ1) is 17.1. The molecule has 0 saturated heterocycles. The number of likely N-dealkylation sites (N-methyl/N-ethyl adjacent to an activating group) is 1. The third kappa shape index (κ3) is 4.53. The van der Waals surface area contributed by atoms with Gasteiger partial charge < -0.3 is 24.8 Å². The summed E-state index contributed by atoms with van der Waals surface area (Å²) in [4.78, 5) is 11.7. The average molecular weight is 296 g/mol. The first-order valence-electron chi connectivity index (χ1n) is 6.87. The van der Waals surface area contributed by atoms with Crippen LogP contribution in [0.3, 0.4) is 0 Å². The van der Waals surface area contributed by atoms with Crippen molar-refractivity contribution in [1.29, 1.82) is 0 Å². The molecule has 1 aromatic carbocycles. The third-order valence-electron chi connectivity index (χ3n) is 3.15. The Morgan fingerprint density at radius 3 is 2.14 bits per heavy atom. The fourth-order valence-corrected chi connectivity index (χ4v) is 1.93. The fourth-order valence-electron chi connectivity index (χ4n) is 1.93. The quantitative estimate of drug-likeness (QED) is 0.757. The number of carbonyl (C=O) groups excluding carboxylic acids is 1. The smallest absolute Gasteiger partial charge is 0.236 e. The van der Waals surface area contributed by atoms with Gasteiger partial charge in [0.1, 0.15) is 17.2 Å². The largest absolute Gasteiger partial charge is 0.496 e. The monoisotopic (exact) mass is 296 g/mol. The topological polar surface area (TPSA) is 68.8 Å². The highest BCUT2D eigenvalue weighted by Gasteiger charge is 2.16. The van der Waals surface area contributed by atoms with Gasteiger partial charge in [-0.2, -0.15) is 0 Å². The number of hydrogen-bond donors (Lipinski definition) is 2. The summed E-state index contributed by atoms with van der Waals surface area (Å²) < 4.78 is 15.9. The molecule has 1 amide bonds. The lowest BCUT2D eigenvalue weighted by Gasteiger charge is -2.18. The molecule has 0 fully saturated rings. The third-order valence-corrected chi connectivity index (χ3v) is 3.15. The SMILES string of the molecule is CCNC(=O)C(C)NCc1c(OC)cc(OC)cc1OC. The molecular formula is C15H24N2O4. The lowest BCUT2D eigenvalue weighted by molar-refractivity contribution is -0.122. The zero-order valence-corrected chi connectivity index (χ0v) is 13.3. The molecule has 2 N–H and O–H groups in total. The Labute approximate surface area is 125 Å². The van der Waals surface area contributed by atoms with Gasteiger partial charge in [-0.3, -0.25) is 4.79 Å². The Morgan fingerprint density at radius 2 is 1.71 bits per heavy atom. The normalized spacial score (nSPS) is 11.7. The van der Waals surface area contributed by atoms with E-state index in [1.807, 2.05) is 13.8 Å². The number of methoxy groups -OCH3 is 3. The van der Waals surface area contributed by atoms with Crippen molar-refractivity contribution in [3.63, 3.8) is 0 Å². The first-order valence-corrected chi connectivity index (χ1v) is 6.87. The van der Waals surface area contributed by atoms with E-state index in [0.29, 0.717) is 30.3 Å². The van der Waals surface area contributed by atoms with Crippen LogP contribution in [0.15, 0.2) is 12.1 Å². The number of nitrogens with one attached hydrogen (secondary N) is 2. The number of amides is 1. The van der Waals surface area contributed by atoms with Gasteiger partial charge in [0.2, 0.25) is 5.91 Å². The maximum absolute atomic E-state index is 11.7. The van der Waals surface area contributed by atoms with Crippen LogP contribution in [-0.2, 0) is 11.3 Å². The number of carbonyl (C=O) groups is 1. The molecule has 1 atom stereocenters. The van der Waals surface area contributed by atoms with E-state index in [1.165, 1.54) is 0 Å². The van der Waals surface area contributed by atoms with Gasteiger partial charge in [-0.05, 0) is 13.8 Å². The van der Waals surface area contributed by atoms with E-state index < -0.39 is 0 Å². The summed E-state index contributed by atoms with van der Waals surface area (Å²) in [6.45, 7) is 4.77. The first-order chi connectivity index (χ1) is 10.1. The van der Waals surface area contributed by atoms with E-state index in [0.717, 1.165) is 5.56 Å². The van der Waals surface area contributed by atoms with Crippen LogP contribution in [0.4, 0.5) is 0 Å². The van der Waals surface area contributed by atoms with Gasteiger partial charge in [0.05, 0.1) is 32.9 Å². The van der Waals surface area contributed by atoms with Crippen molar-refractivity contribution >= 4 is 5.91 Å². The van der Waals surface area contributed by atoms with Crippen molar-refractivity contribution < 1.29 is 19.0 Å². The molecule has 0 bridgehead atoms. The summed E-state index contributed by atoms with van der Waals surface area (Å²) in [5.41, 5.74) is 0.844. The van der Waals surface area contributed by atoms with Crippen LogP contribution >= 0.6 is 0 Å². The second kappa shape index (κ2) is 8.36. The number of ether oxygens (including phenoxy) is 3. The lowest BCUT2D eigenvalue weighted by Crippen LogP contribution is -2.41. The molecule has 21 heavy (non-hydrogen) atoms. The summed E-state index contributed by atoms with van der Waals surface area (Å²) in [6.07, 6.45) is 0. The number of benzene rings is 1. The molecular weight excluding hydrogens is 272 g/mol. The van der Waals surface area contributed by atoms with Gasteiger partial charge in [0.25, 0.3) is 0 Å². The molecule has 1 rings (SSSR count). The maximum atomic E-state index is 11.7. The van der Waals surface area contributed by atoms with Crippen LogP contribution in [0.2, 0.25) is 0 Å². The highest BCUT2D eigenvalue weighted by atomic mass is 16.5. The minimum atomic E-state index is -0.304. The number of rotatable bonds is 8. The second-order valence-corrected chi connectivity index (χ2v) is 4.51. The van der Waals surface area contributed by atoms with Gasteiger partial charge >= 0.3 is 0 Å². The Kier molecular flexibility index (Phi) is 6.81. The Morgan fingerprint density at radius 1 is 1.14 bits per heavy atom. The summed E-state index contributed by atoms with van der Waals surface area (Å²) in [5.74, 6) is 1.93. The van der Waals surface area contributed by atoms with Crippen LogP contribution in [0, 0.1) is 0 Å². The molecule has 1 unspecified atom stereocenters. The van der Waals surface area contributed by atoms with Crippen molar-refractivity contribution in [2.75, 3.05) is 27.9 Å². The molecule has 0 saturated carbocycles. The molecule has 0 heterocycles. The predicted molar refractivity (Wildman–Crippen MR) is 81.1 cm³/mol. The second-order valence-electron chi connectivity index (χ2n) is 4.51. The minimum absolute atomic E-state index is 0.0380. The standard InChI is InChI=1S/C15H24N2O4/c1-6-16-15(18)10(2)17-9-12-13(20-4)7-11(19-3)8-14(12)21-5/h7-8,10,17H,6,9H2,1-5H3,(H,16,18). The minimum Gasteiger partial charge on any atom is -0.496 e. The van der Waals surface area contributed by atoms with Crippen LogP contribution in [0.25, 0.3) is 0 Å². The van der Waals surface area contributed by atoms with Crippen molar-refractivity contribution in [3.05, 3.63) is 17.7 Å². The maximum Gasteiger partial charge on any atom is 0.236 e. The number of hydrogen-bond acceptors (Lipinski definition) is 5. The molecule has 6 nitrogen and oxygen atoms in total. The summed E-state index contributed by atoms with van der Waals surface area (Å²) in [7, 11) is 4.76. The predicted octanol–water partition coefficient (Wildman–Crippen LogP) is 1.33. The highest BCUT2D eigenvalue weighted by molar-refractivity contribution is 5.81. The van der Waals surface area contributed by atoms with Gasteiger partial charge in [0, 0.05) is 25.2 Å². The Hall–Kier alpha value is -1.95. The van der Waals surface area contributed by atoms with Crippen molar-refractivity contribution in [2.24, 2.45) is 0 Å². The summed E-state index contributed by atoms with van der Waals surface area (Å²) >= 11 is 0. The fraction of sp³-hybridized carbons (Fsp3) is 0.533. The molecule has 1 aromatic rings. The molecule has 0 spiro atoms. The van der Waals surface area contributed by atoms with Crippen molar-refractivity contribution in [3.8, 4) is 17.2 Å². The van der Waals surface area contributed by atoms with E-state index >= 15 is 0 Å². The molecule has 6 heteroatoms. The molecule has 0 aromatic heterocycles. The van der Waals surface area contributed by atoms with Crippen molar-refractivity contribution in [2.45, 2.75) is 26.4 Å². The Bertz CT molecular complexity index is 452. The van der Waals surface area contributed by atoms with Crippen LogP contribution in [0.5, 0.6) is 17.2 Å². The molecule has 0 radical (unpaired) electrons. The zero-order chi connectivity index (χ0) is 15.8. The van der Waals surface area contributed by atoms with Crippen molar-refractivity contribution in [1.82, 2.24) is 10.6 Å². The van der Waals surface area contributed by atoms with Crippen LogP contribution in [-0.4, -0.2) is 39.8 Å². The summed E-state index contributed by atoms with van der Waals surface area (Å²) in [6, 6.07) is 3.27. The lowest BCUT2D eigenvalue weighted by atomic mass is 10.1. The zero-order valence-electron chi connectivity index (χ0n) is 13.3. The van der Waals surface area contributed by atoms with E-state index in [-0.39, 0.29) is 11.9 Å². The Balaban J connectivity index is 2.89. The van der Waals surface area contributed by atoms with Gasteiger partial charge in [-0.1, -0.05) is 0 Å². The van der Waals surface area contributed by atoms with E-state index in [2.05, 4.69) is 10.6 Å². The van der Waals surface area contributed by atoms with Crippen LogP contribution in [0.1, 0.15) is 19.4 Å². The van der Waals surface area contributed by atoms with Gasteiger partial charge in [-0.25, -0.2) is 0 Å². The van der Waals surface area contributed by atoms with Crippen LogP contribution < -0.4 is 24.8 Å². The van der Waals surface area contributed by atoms with E-state index in [4.69, 9.17) is 14.2 Å². The van der Waals surface area contributed by atoms with E-state index in [9.17, 15) is 4.79 Å². The molecule has 0 aliphatic rings. The molecule has 0 aliphatic heterocycles. The van der Waals surface area contributed by atoms with Gasteiger partial charge in [-0.15, -0.1) is 0 Å². The summed E-state index contributed by atoms with van der Waals surface area (Å²) in [5, 5.41) is 5.93. The van der Waals surface area contributed by atoms with E-state index in [1.54, 1.807) is 33.5 Å². The molecule has 118 valence electrons. The van der Waals surface area contributed by atoms with Gasteiger partial charge in [0.15, 0.2) is 0 Å². The highest BCUT2D eigenvalue weighted by Crippen LogP contribution is 2.33.